The molecular weight excluding hydrogens is 693 g/mol. The lowest BCUT2D eigenvalue weighted by molar-refractivity contribution is -0.149. The minimum atomic E-state index is -4.47. The fourth-order valence-corrected chi connectivity index (χ4v) is 7.25. The van der Waals surface area contributed by atoms with Crippen LogP contribution in [0.3, 0.4) is 0 Å². The summed E-state index contributed by atoms with van der Waals surface area (Å²) in [5.41, 5.74) is 2.87. The second-order valence-electron chi connectivity index (χ2n) is 11.4. The number of hydrogen-bond donors (Lipinski definition) is 5. The number of aromatic nitrogens is 4. The van der Waals surface area contributed by atoms with E-state index < -0.39 is 60.4 Å². The molecule has 6 atom stereocenters. The van der Waals surface area contributed by atoms with Crippen LogP contribution in [0.25, 0.3) is 11.2 Å². The van der Waals surface area contributed by atoms with Gasteiger partial charge < -0.3 is 24.2 Å². The summed E-state index contributed by atoms with van der Waals surface area (Å²) in [6.45, 7) is 2.64. The SMILES string of the molecule is Cc1cccc2c1COC(=O)C2NP(=O)(OCC1OC(n2cnc3c(NNS(C)(=O)=O)ncnc32)[C@](C)(O)[C@@H]1O)Oc1ccc(Cl)cc1. The number of aliphatic hydroxyl groups is 2. The number of nitrogens with one attached hydrogen (secondary N) is 3. The van der Waals surface area contributed by atoms with Crippen molar-refractivity contribution in [2.75, 3.05) is 18.3 Å². The molecule has 1 saturated heterocycles. The number of carbonyl (C=O) groups excluding carboxylic acids is 1. The zero-order chi connectivity index (χ0) is 34.4. The van der Waals surface area contributed by atoms with Crippen LogP contribution in [0.5, 0.6) is 5.75 Å². The second-order valence-corrected chi connectivity index (χ2v) is 15.3. The van der Waals surface area contributed by atoms with Gasteiger partial charge in [0.25, 0.3) is 0 Å². The van der Waals surface area contributed by atoms with E-state index in [0.29, 0.717) is 10.6 Å². The van der Waals surface area contributed by atoms with Gasteiger partial charge in [-0.1, -0.05) is 29.8 Å². The van der Waals surface area contributed by atoms with Crippen LogP contribution in [0.15, 0.2) is 55.1 Å². The largest absolute Gasteiger partial charge is 0.459 e. The smallest absolute Gasteiger partial charge is 0.459 e. The summed E-state index contributed by atoms with van der Waals surface area (Å²) < 4.78 is 61.8. The summed E-state index contributed by atoms with van der Waals surface area (Å²) >= 11 is 6.01. The first-order chi connectivity index (χ1) is 22.6. The molecule has 2 aromatic carbocycles. The number of cyclic esters (lactones) is 1. The van der Waals surface area contributed by atoms with Crippen LogP contribution in [-0.2, 0) is 40.0 Å². The van der Waals surface area contributed by atoms with Gasteiger partial charge in [0.2, 0.25) is 10.0 Å². The van der Waals surface area contributed by atoms with Crippen LogP contribution in [0.1, 0.15) is 35.9 Å². The Kier molecular flexibility index (Phi) is 9.22. The number of hydrazine groups is 1. The average Bonchev–Trinajstić information content (AvgIpc) is 3.55. The maximum absolute atomic E-state index is 14.4. The first kappa shape index (κ1) is 34.2. The Labute approximate surface area is 279 Å². The molecule has 2 aliphatic rings. The van der Waals surface area contributed by atoms with Crippen LogP contribution in [0, 0.1) is 6.92 Å². The highest BCUT2D eigenvalue weighted by molar-refractivity contribution is 7.88. The van der Waals surface area contributed by atoms with Gasteiger partial charge in [-0.05, 0) is 54.8 Å². The fourth-order valence-electron chi connectivity index (χ4n) is 5.36. The molecule has 0 amide bonds. The molecule has 256 valence electrons. The van der Waals surface area contributed by atoms with Crippen molar-refractivity contribution in [3.8, 4) is 5.75 Å². The Bertz CT molecular complexity index is 2010. The van der Waals surface area contributed by atoms with Gasteiger partial charge in [-0.2, -0.15) is 5.09 Å². The van der Waals surface area contributed by atoms with E-state index in [2.05, 4.69) is 30.3 Å². The lowest BCUT2D eigenvalue weighted by Crippen LogP contribution is -2.44. The maximum Gasteiger partial charge on any atom is 0.459 e. The molecule has 6 rings (SSSR count). The van der Waals surface area contributed by atoms with E-state index in [1.165, 1.54) is 42.1 Å². The summed E-state index contributed by atoms with van der Waals surface area (Å²) in [5.74, 6) is -0.584. The third kappa shape index (κ3) is 6.89. The number of ether oxygens (including phenoxy) is 2. The van der Waals surface area contributed by atoms with E-state index in [4.69, 9.17) is 30.1 Å². The molecule has 4 unspecified atom stereocenters. The number of aryl methyl sites for hydroxylation is 1. The van der Waals surface area contributed by atoms with Gasteiger partial charge in [-0.15, -0.1) is 4.83 Å². The molecule has 17 nitrogen and oxygen atoms in total. The number of carbonyl (C=O) groups is 1. The highest BCUT2D eigenvalue weighted by atomic mass is 35.5. The molecule has 48 heavy (non-hydrogen) atoms. The molecular formula is C28H31ClN7O10PS. The molecule has 1 fully saturated rings. The van der Waals surface area contributed by atoms with Crippen molar-refractivity contribution in [2.45, 2.75) is 50.5 Å². The molecule has 20 heteroatoms. The number of fused-ring (bicyclic) bond motifs is 2. The van der Waals surface area contributed by atoms with Gasteiger partial charge in [0, 0.05) is 5.02 Å². The number of sulfonamides is 1. The maximum atomic E-state index is 14.4. The predicted octanol–water partition coefficient (Wildman–Crippen LogP) is 2.26. The summed E-state index contributed by atoms with van der Waals surface area (Å²) in [6, 6.07) is 10.0. The van der Waals surface area contributed by atoms with Crippen molar-refractivity contribution in [1.82, 2.24) is 29.4 Å². The second kappa shape index (κ2) is 13.0. The Morgan fingerprint density at radius 3 is 2.67 bits per heavy atom. The lowest BCUT2D eigenvalue weighted by Gasteiger charge is -2.30. The Morgan fingerprint density at radius 1 is 1.19 bits per heavy atom. The van der Waals surface area contributed by atoms with E-state index in [1.807, 2.05) is 13.0 Å². The van der Waals surface area contributed by atoms with E-state index in [9.17, 15) is 28.0 Å². The number of anilines is 1. The van der Waals surface area contributed by atoms with Crippen LogP contribution in [0.4, 0.5) is 5.82 Å². The Balaban J connectivity index is 1.26. The average molecular weight is 724 g/mol. The summed E-state index contributed by atoms with van der Waals surface area (Å²) in [6.07, 6.45) is -0.836. The number of benzene rings is 2. The molecule has 0 spiro atoms. The number of halogens is 1. The van der Waals surface area contributed by atoms with Crippen molar-refractivity contribution in [1.29, 1.82) is 0 Å². The first-order valence-electron chi connectivity index (χ1n) is 14.3. The lowest BCUT2D eigenvalue weighted by atomic mass is 9.95. The van der Waals surface area contributed by atoms with E-state index in [-0.39, 0.29) is 29.3 Å². The minimum absolute atomic E-state index is 0.0200. The predicted molar refractivity (Wildman–Crippen MR) is 170 cm³/mol. The third-order valence-corrected chi connectivity index (χ3v) is 10.0. The number of rotatable bonds is 11. The van der Waals surface area contributed by atoms with Crippen LogP contribution in [0.2, 0.25) is 5.02 Å². The summed E-state index contributed by atoms with van der Waals surface area (Å²) in [4.78, 5) is 27.4. The van der Waals surface area contributed by atoms with E-state index >= 15 is 0 Å². The number of nitrogens with zero attached hydrogens (tertiary/aromatic N) is 4. The van der Waals surface area contributed by atoms with Gasteiger partial charge in [0.05, 0.1) is 19.2 Å². The molecule has 0 aliphatic carbocycles. The van der Waals surface area contributed by atoms with Gasteiger partial charge in [0.15, 0.2) is 23.2 Å². The van der Waals surface area contributed by atoms with Gasteiger partial charge in [0.1, 0.15) is 42.5 Å². The number of esters is 1. The molecule has 2 aliphatic heterocycles. The third-order valence-electron chi connectivity index (χ3n) is 7.81. The molecule has 0 radical (unpaired) electrons. The van der Waals surface area contributed by atoms with Crippen molar-refractivity contribution in [3.63, 3.8) is 0 Å². The van der Waals surface area contributed by atoms with Crippen molar-refractivity contribution < 1.29 is 46.5 Å². The van der Waals surface area contributed by atoms with Crippen LogP contribution in [-0.4, -0.2) is 74.8 Å². The van der Waals surface area contributed by atoms with Gasteiger partial charge >= 0.3 is 13.7 Å². The van der Waals surface area contributed by atoms with Crippen molar-refractivity contribution in [2.24, 2.45) is 0 Å². The van der Waals surface area contributed by atoms with Gasteiger partial charge in [-0.25, -0.2) is 32.7 Å². The fraction of sp³-hybridized carbons (Fsp3) is 0.357. The molecule has 5 N–H and O–H groups in total. The number of aliphatic hydroxyl groups excluding tert-OH is 1. The standard InChI is InChI=1S/C28H31ClN7O10PS/c1-15-5-4-6-18-19(15)11-43-26(38)21(18)34-47(40,46-17-9-7-16(29)8-10-17)44-12-20-23(37)28(2,39)27(45-20)36-14-32-22-24(30-13-31-25(22)36)33-35-48(3,41)42/h4-10,13-14,20-21,23,27,35,37,39H,11-12H2,1-3H3,(H,34,40)(H,30,31,33)/t20?,21?,23-,27?,28-,47?/m1/s1. The van der Waals surface area contributed by atoms with E-state index in [0.717, 1.165) is 23.7 Å². The van der Waals surface area contributed by atoms with Crippen molar-refractivity contribution in [3.05, 3.63) is 76.8 Å². The van der Waals surface area contributed by atoms with Crippen molar-refractivity contribution >= 4 is 52.3 Å². The normalized spacial score (nSPS) is 25.3. The zero-order valence-electron chi connectivity index (χ0n) is 25.6. The minimum Gasteiger partial charge on any atom is -0.459 e. The summed E-state index contributed by atoms with van der Waals surface area (Å²) in [7, 11) is -8.11. The quantitative estimate of drug-likeness (QED) is 0.0850. The molecule has 4 heterocycles. The topological polar surface area (TPSA) is 225 Å². The molecule has 2 aromatic heterocycles. The molecule has 0 saturated carbocycles. The van der Waals surface area contributed by atoms with E-state index in [1.54, 1.807) is 12.1 Å². The molecule has 4 aromatic rings. The first-order valence-corrected chi connectivity index (χ1v) is 18.2. The van der Waals surface area contributed by atoms with Gasteiger partial charge in [-0.3, -0.25) is 14.5 Å². The Hall–Kier alpha value is -3.71. The Morgan fingerprint density at radius 2 is 1.94 bits per heavy atom. The summed E-state index contributed by atoms with van der Waals surface area (Å²) in [5, 5.41) is 25.7. The zero-order valence-corrected chi connectivity index (χ0v) is 28.1. The highest BCUT2D eigenvalue weighted by Crippen LogP contribution is 2.49. The highest BCUT2D eigenvalue weighted by Gasteiger charge is 2.54. The number of imidazole rings is 1. The molecule has 0 bridgehead atoms. The number of hydrogen-bond acceptors (Lipinski definition) is 14. The van der Waals surface area contributed by atoms with Crippen LogP contribution < -0.4 is 19.9 Å². The van der Waals surface area contributed by atoms with Crippen LogP contribution >= 0.6 is 19.3 Å². The monoisotopic (exact) mass is 723 g/mol.